The molecule has 31 heavy (non-hydrogen) atoms. The Balaban J connectivity index is 1.57. The monoisotopic (exact) mass is 419 g/mol. The molecule has 6 heteroatoms. The minimum atomic E-state index is -0.0773. The van der Waals surface area contributed by atoms with Gasteiger partial charge in [-0.15, -0.1) is 0 Å². The van der Waals surface area contributed by atoms with Crippen molar-refractivity contribution in [2.45, 2.75) is 13.3 Å². The average Bonchev–Trinajstić information content (AvgIpc) is 2.83. The van der Waals surface area contributed by atoms with Crippen LogP contribution in [0.4, 0.5) is 0 Å². The predicted molar refractivity (Wildman–Crippen MR) is 123 cm³/mol. The van der Waals surface area contributed by atoms with Crippen molar-refractivity contribution < 1.29 is 14.3 Å². The van der Waals surface area contributed by atoms with Crippen LogP contribution in [0.25, 0.3) is 22.2 Å². The van der Waals surface area contributed by atoms with Crippen LogP contribution in [-0.4, -0.2) is 61.8 Å². The zero-order valence-electron chi connectivity index (χ0n) is 18.0. The minimum Gasteiger partial charge on any atom is -0.494 e. The Morgan fingerprint density at radius 2 is 1.97 bits per heavy atom. The zero-order chi connectivity index (χ0) is 21.5. The van der Waals surface area contributed by atoms with Crippen LogP contribution >= 0.6 is 0 Å². The number of nitrogens with zero attached hydrogens (tertiary/aromatic N) is 2. The van der Waals surface area contributed by atoms with Gasteiger partial charge < -0.3 is 14.8 Å². The molecule has 0 bridgehead atoms. The van der Waals surface area contributed by atoms with Crippen molar-refractivity contribution >= 4 is 16.8 Å². The Bertz CT molecular complexity index is 1030. The van der Waals surface area contributed by atoms with Crippen molar-refractivity contribution in [1.29, 1.82) is 0 Å². The summed E-state index contributed by atoms with van der Waals surface area (Å²) in [7, 11) is 0. The fourth-order valence-corrected chi connectivity index (χ4v) is 3.72. The van der Waals surface area contributed by atoms with Gasteiger partial charge in [-0.25, -0.2) is 4.98 Å². The van der Waals surface area contributed by atoms with E-state index in [0.717, 1.165) is 67.2 Å². The molecule has 1 aromatic heterocycles. The van der Waals surface area contributed by atoms with Gasteiger partial charge in [0.2, 0.25) is 0 Å². The SMILES string of the molecule is CCCOc1cccc(-c2cc(C(=O)NCCN3CCOCC3)c3ccccc3n2)c1. The summed E-state index contributed by atoms with van der Waals surface area (Å²) < 4.78 is 11.2. The number of fused-ring (bicyclic) bond motifs is 1. The van der Waals surface area contributed by atoms with Gasteiger partial charge in [-0.3, -0.25) is 9.69 Å². The average molecular weight is 420 g/mol. The van der Waals surface area contributed by atoms with Gasteiger partial charge in [-0.2, -0.15) is 0 Å². The molecule has 3 aromatic rings. The van der Waals surface area contributed by atoms with Crippen LogP contribution in [0.1, 0.15) is 23.7 Å². The molecule has 162 valence electrons. The summed E-state index contributed by atoms with van der Waals surface area (Å²) in [5.74, 6) is 0.734. The molecular formula is C25H29N3O3. The smallest absolute Gasteiger partial charge is 0.252 e. The minimum absolute atomic E-state index is 0.0773. The van der Waals surface area contributed by atoms with Crippen molar-refractivity contribution in [3.63, 3.8) is 0 Å². The quantitative estimate of drug-likeness (QED) is 0.602. The van der Waals surface area contributed by atoms with Gasteiger partial charge in [-0.05, 0) is 30.7 Å². The van der Waals surface area contributed by atoms with E-state index < -0.39 is 0 Å². The van der Waals surface area contributed by atoms with Gasteiger partial charge >= 0.3 is 0 Å². The van der Waals surface area contributed by atoms with Crippen molar-refractivity contribution in [3.05, 3.63) is 60.2 Å². The van der Waals surface area contributed by atoms with Gasteiger partial charge in [-0.1, -0.05) is 37.3 Å². The molecule has 4 rings (SSSR count). The highest BCUT2D eigenvalue weighted by Crippen LogP contribution is 2.27. The number of benzene rings is 2. The number of amides is 1. The summed E-state index contributed by atoms with van der Waals surface area (Å²) in [6.07, 6.45) is 0.952. The van der Waals surface area contributed by atoms with E-state index in [-0.39, 0.29) is 5.91 Å². The van der Waals surface area contributed by atoms with Gasteiger partial charge in [0.25, 0.3) is 5.91 Å². The molecule has 0 unspecified atom stereocenters. The first-order chi connectivity index (χ1) is 15.2. The molecule has 0 spiro atoms. The van der Waals surface area contributed by atoms with E-state index in [9.17, 15) is 4.79 Å². The number of carbonyl (C=O) groups is 1. The molecule has 1 fully saturated rings. The number of pyridine rings is 1. The van der Waals surface area contributed by atoms with E-state index in [1.807, 2.05) is 54.6 Å². The highest BCUT2D eigenvalue weighted by Gasteiger charge is 2.15. The van der Waals surface area contributed by atoms with Crippen molar-refractivity contribution in [3.8, 4) is 17.0 Å². The Kier molecular flexibility index (Phi) is 7.12. The lowest BCUT2D eigenvalue weighted by Gasteiger charge is -2.26. The summed E-state index contributed by atoms with van der Waals surface area (Å²) in [5, 5.41) is 3.94. The normalized spacial score (nSPS) is 14.5. The molecule has 1 amide bonds. The van der Waals surface area contributed by atoms with E-state index in [1.54, 1.807) is 0 Å². The highest BCUT2D eigenvalue weighted by molar-refractivity contribution is 6.07. The van der Waals surface area contributed by atoms with Gasteiger partial charge in [0.15, 0.2) is 0 Å². The van der Waals surface area contributed by atoms with E-state index in [0.29, 0.717) is 18.7 Å². The van der Waals surface area contributed by atoms with Crippen LogP contribution in [0, 0.1) is 0 Å². The lowest BCUT2D eigenvalue weighted by Crippen LogP contribution is -2.41. The molecule has 2 aromatic carbocycles. The molecule has 1 aliphatic heterocycles. The van der Waals surface area contributed by atoms with Crippen LogP contribution in [0.15, 0.2) is 54.6 Å². The summed E-state index contributed by atoms with van der Waals surface area (Å²) >= 11 is 0. The molecule has 0 atom stereocenters. The standard InChI is InChI=1S/C25H29N3O3/c1-2-14-31-20-7-5-6-19(17-20)24-18-22(21-8-3-4-9-23(21)27-24)25(29)26-10-11-28-12-15-30-16-13-28/h3-9,17-18H,2,10-16H2,1H3,(H,26,29). The summed E-state index contributed by atoms with van der Waals surface area (Å²) in [5.41, 5.74) is 3.14. The molecule has 0 aliphatic carbocycles. The molecular weight excluding hydrogens is 390 g/mol. The highest BCUT2D eigenvalue weighted by atomic mass is 16.5. The number of aromatic nitrogens is 1. The summed E-state index contributed by atoms with van der Waals surface area (Å²) in [6.45, 7) is 7.51. The number of hydrogen-bond acceptors (Lipinski definition) is 5. The van der Waals surface area contributed by atoms with Crippen molar-refractivity contribution in [2.24, 2.45) is 0 Å². The third-order valence-corrected chi connectivity index (χ3v) is 5.38. The fourth-order valence-electron chi connectivity index (χ4n) is 3.72. The second-order valence-corrected chi connectivity index (χ2v) is 7.66. The molecule has 0 saturated carbocycles. The first-order valence-corrected chi connectivity index (χ1v) is 11.0. The predicted octanol–water partition coefficient (Wildman–Crippen LogP) is 3.75. The molecule has 2 heterocycles. The number of ether oxygens (including phenoxy) is 2. The van der Waals surface area contributed by atoms with Gasteiger partial charge in [0, 0.05) is 37.1 Å². The fraction of sp³-hybridized carbons (Fsp3) is 0.360. The topological polar surface area (TPSA) is 63.7 Å². The third kappa shape index (κ3) is 5.40. The van der Waals surface area contributed by atoms with Crippen molar-refractivity contribution in [1.82, 2.24) is 15.2 Å². The maximum absolute atomic E-state index is 13.1. The number of nitrogens with one attached hydrogen (secondary N) is 1. The largest absolute Gasteiger partial charge is 0.494 e. The molecule has 6 nitrogen and oxygen atoms in total. The first-order valence-electron chi connectivity index (χ1n) is 11.0. The van der Waals surface area contributed by atoms with E-state index in [2.05, 4.69) is 17.1 Å². The van der Waals surface area contributed by atoms with Crippen LogP contribution in [0.2, 0.25) is 0 Å². The van der Waals surface area contributed by atoms with Crippen molar-refractivity contribution in [2.75, 3.05) is 46.0 Å². The van der Waals surface area contributed by atoms with Crippen LogP contribution < -0.4 is 10.1 Å². The Morgan fingerprint density at radius 1 is 1.13 bits per heavy atom. The number of rotatable bonds is 8. The maximum Gasteiger partial charge on any atom is 0.252 e. The molecule has 1 aliphatic rings. The third-order valence-electron chi connectivity index (χ3n) is 5.38. The van der Waals surface area contributed by atoms with E-state index >= 15 is 0 Å². The lowest BCUT2D eigenvalue weighted by atomic mass is 10.0. The van der Waals surface area contributed by atoms with E-state index in [4.69, 9.17) is 14.5 Å². The van der Waals surface area contributed by atoms with E-state index in [1.165, 1.54) is 0 Å². The second kappa shape index (κ2) is 10.4. The molecule has 1 saturated heterocycles. The zero-order valence-corrected chi connectivity index (χ0v) is 18.0. The molecule has 0 radical (unpaired) electrons. The van der Waals surface area contributed by atoms with Crippen LogP contribution in [0.3, 0.4) is 0 Å². The number of carbonyl (C=O) groups excluding carboxylic acids is 1. The van der Waals surface area contributed by atoms with Crippen LogP contribution in [-0.2, 0) is 4.74 Å². The summed E-state index contributed by atoms with van der Waals surface area (Å²) in [4.78, 5) is 20.2. The Labute approximate surface area is 183 Å². The molecule has 1 N–H and O–H groups in total. The number of hydrogen-bond donors (Lipinski definition) is 1. The Morgan fingerprint density at radius 3 is 2.81 bits per heavy atom. The van der Waals surface area contributed by atoms with Crippen LogP contribution in [0.5, 0.6) is 5.75 Å². The van der Waals surface area contributed by atoms with Gasteiger partial charge in [0.05, 0.1) is 36.6 Å². The first kappa shape index (κ1) is 21.3. The Hall–Kier alpha value is -2.96. The van der Waals surface area contributed by atoms with Gasteiger partial charge in [0.1, 0.15) is 5.75 Å². The number of para-hydroxylation sites is 1. The second-order valence-electron chi connectivity index (χ2n) is 7.66. The summed E-state index contributed by atoms with van der Waals surface area (Å²) in [6, 6.07) is 17.5. The maximum atomic E-state index is 13.1. The number of morpholine rings is 1. The lowest BCUT2D eigenvalue weighted by molar-refractivity contribution is 0.0383.